The molecule has 2 saturated heterocycles. The number of aromatic nitrogens is 2. The van der Waals surface area contributed by atoms with Crippen molar-refractivity contribution in [1.29, 1.82) is 0 Å². The largest absolute Gasteiger partial charge is 0.493 e. The van der Waals surface area contributed by atoms with E-state index in [-0.39, 0.29) is 11.8 Å². The molecule has 0 radical (unpaired) electrons. The zero-order valence-electron chi connectivity index (χ0n) is 23.2. The first kappa shape index (κ1) is 27.0. The number of methoxy groups -OCH3 is 2. The predicted octanol–water partition coefficient (Wildman–Crippen LogP) is 4.52. The maximum Gasteiger partial charge on any atom is 0.241 e. The van der Waals surface area contributed by atoms with Crippen LogP contribution in [0.1, 0.15) is 44.1 Å². The average Bonchev–Trinajstić information content (AvgIpc) is 3.44. The van der Waals surface area contributed by atoms with Gasteiger partial charge in [0.2, 0.25) is 17.6 Å². The summed E-state index contributed by atoms with van der Waals surface area (Å²) < 4.78 is 16.2. The maximum absolute atomic E-state index is 13.0. The van der Waals surface area contributed by atoms with Crippen molar-refractivity contribution in [1.82, 2.24) is 20.4 Å². The van der Waals surface area contributed by atoms with Crippen LogP contribution in [0.4, 0.5) is 5.69 Å². The van der Waals surface area contributed by atoms with Gasteiger partial charge in [0, 0.05) is 37.4 Å². The number of carbonyl (C=O) groups excluding carboxylic acids is 1. The first-order valence-electron chi connectivity index (χ1n) is 13.9. The summed E-state index contributed by atoms with van der Waals surface area (Å²) in [5.74, 6) is 3.08. The summed E-state index contributed by atoms with van der Waals surface area (Å²) in [6.07, 6.45) is 4.41. The van der Waals surface area contributed by atoms with Gasteiger partial charge >= 0.3 is 0 Å². The van der Waals surface area contributed by atoms with E-state index in [9.17, 15) is 4.79 Å². The third-order valence-electron chi connectivity index (χ3n) is 7.77. The first-order valence-corrected chi connectivity index (χ1v) is 13.9. The van der Waals surface area contributed by atoms with E-state index < -0.39 is 0 Å². The predicted molar refractivity (Wildman–Crippen MR) is 150 cm³/mol. The van der Waals surface area contributed by atoms with Crippen LogP contribution in [0.2, 0.25) is 0 Å². The third-order valence-corrected chi connectivity index (χ3v) is 7.77. The molecule has 0 saturated carbocycles. The number of nitrogens with zero attached hydrogens (tertiary/aromatic N) is 4. The van der Waals surface area contributed by atoms with Crippen LogP contribution >= 0.6 is 0 Å². The molecule has 2 aromatic carbocycles. The minimum Gasteiger partial charge on any atom is -0.493 e. The Labute approximate surface area is 230 Å². The van der Waals surface area contributed by atoms with Crippen molar-refractivity contribution < 1.29 is 18.8 Å². The van der Waals surface area contributed by atoms with Gasteiger partial charge in [0.05, 0.1) is 26.7 Å². The fraction of sp³-hybridized carbons (Fsp3) is 0.500. The maximum atomic E-state index is 13.0. The van der Waals surface area contributed by atoms with E-state index in [2.05, 4.69) is 56.4 Å². The molecule has 39 heavy (non-hydrogen) atoms. The summed E-state index contributed by atoms with van der Waals surface area (Å²) in [7, 11) is 3.20. The van der Waals surface area contributed by atoms with E-state index in [1.807, 2.05) is 18.2 Å². The van der Waals surface area contributed by atoms with Crippen LogP contribution in [0.25, 0.3) is 11.4 Å². The molecule has 208 valence electrons. The molecule has 2 aliphatic heterocycles. The van der Waals surface area contributed by atoms with Gasteiger partial charge in [-0.2, -0.15) is 4.98 Å². The molecule has 2 fully saturated rings. The van der Waals surface area contributed by atoms with Gasteiger partial charge in [-0.05, 0) is 74.0 Å². The lowest BCUT2D eigenvalue weighted by molar-refractivity contribution is -0.127. The zero-order chi connectivity index (χ0) is 27.2. The molecule has 9 heteroatoms. The number of hydrogen-bond acceptors (Lipinski definition) is 8. The monoisotopic (exact) mass is 533 g/mol. The van der Waals surface area contributed by atoms with E-state index >= 15 is 0 Å². The number of amides is 1. The number of ether oxygens (including phenoxy) is 2. The summed E-state index contributed by atoms with van der Waals surface area (Å²) in [4.78, 5) is 22.3. The van der Waals surface area contributed by atoms with Crippen LogP contribution < -0.4 is 19.7 Å². The number of likely N-dealkylation sites (tertiary alicyclic amines) is 1. The molecule has 2 unspecified atom stereocenters. The van der Waals surface area contributed by atoms with Crippen molar-refractivity contribution in [2.24, 2.45) is 11.8 Å². The Morgan fingerprint density at radius 1 is 1.03 bits per heavy atom. The number of rotatable bonds is 9. The highest BCUT2D eigenvalue weighted by molar-refractivity contribution is 5.79. The Morgan fingerprint density at radius 2 is 1.82 bits per heavy atom. The topological polar surface area (TPSA) is 93.0 Å². The standard InChI is InChI=1S/C30H39N5O4/c1-21-6-4-15-35(18-21)25-11-8-22(9-12-25)17-31-30(36)24-7-5-14-34(19-24)20-28-32-29(33-39-28)23-10-13-26(37-2)27(16-23)38-3/h8-13,16,21,24H,4-7,14-15,17-20H2,1-3H3,(H,31,36). The zero-order valence-corrected chi connectivity index (χ0v) is 23.2. The molecule has 3 aromatic rings. The lowest BCUT2D eigenvalue weighted by atomic mass is 9.97. The minimum absolute atomic E-state index is 0.0545. The Kier molecular flexibility index (Phi) is 8.66. The number of nitrogens with one attached hydrogen (secondary N) is 1. The van der Waals surface area contributed by atoms with E-state index in [4.69, 9.17) is 14.0 Å². The summed E-state index contributed by atoms with van der Waals surface area (Å²) in [5.41, 5.74) is 3.19. The van der Waals surface area contributed by atoms with Crippen molar-refractivity contribution in [2.45, 2.75) is 45.7 Å². The van der Waals surface area contributed by atoms with Gasteiger partial charge in [-0.1, -0.05) is 24.2 Å². The smallest absolute Gasteiger partial charge is 0.241 e. The van der Waals surface area contributed by atoms with Crippen molar-refractivity contribution >= 4 is 11.6 Å². The van der Waals surface area contributed by atoms with Crippen LogP contribution in [0.5, 0.6) is 11.5 Å². The molecule has 3 heterocycles. The molecule has 0 aliphatic carbocycles. The average molecular weight is 534 g/mol. The van der Waals surface area contributed by atoms with E-state index in [1.165, 1.54) is 18.5 Å². The lowest BCUT2D eigenvalue weighted by Gasteiger charge is -2.33. The number of anilines is 1. The minimum atomic E-state index is -0.0545. The first-order chi connectivity index (χ1) is 19.0. The molecule has 1 N–H and O–H groups in total. The Bertz CT molecular complexity index is 1240. The summed E-state index contributed by atoms with van der Waals surface area (Å²) in [5, 5.41) is 7.30. The molecule has 0 spiro atoms. The molecule has 5 rings (SSSR count). The molecule has 2 atom stereocenters. The van der Waals surface area contributed by atoms with Crippen molar-refractivity contribution in [3.8, 4) is 22.9 Å². The molecule has 1 aromatic heterocycles. The fourth-order valence-corrected chi connectivity index (χ4v) is 5.60. The van der Waals surface area contributed by atoms with Gasteiger partial charge in [-0.25, -0.2) is 0 Å². The second-order valence-corrected chi connectivity index (χ2v) is 10.7. The molecular formula is C30H39N5O4. The van der Waals surface area contributed by atoms with Gasteiger partial charge in [0.1, 0.15) is 0 Å². The van der Waals surface area contributed by atoms with E-state index in [0.29, 0.717) is 42.8 Å². The van der Waals surface area contributed by atoms with Crippen molar-refractivity contribution in [3.05, 3.63) is 53.9 Å². The van der Waals surface area contributed by atoms with Crippen LogP contribution in [0.15, 0.2) is 47.0 Å². The molecule has 1 amide bonds. The quantitative estimate of drug-likeness (QED) is 0.429. The molecule has 9 nitrogen and oxygen atoms in total. The van der Waals surface area contributed by atoms with E-state index in [0.717, 1.165) is 49.5 Å². The lowest BCUT2D eigenvalue weighted by Crippen LogP contribution is -2.42. The highest BCUT2D eigenvalue weighted by Crippen LogP contribution is 2.31. The van der Waals surface area contributed by atoms with Crippen LogP contribution in [-0.4, -0.2) is 61.3 Å². The van der Waals surface area contributed by atoms with Gasteiger partial charge in [-0.3, -0.25) is 9.69 Å². The second kappa shape index (κ2) is 12.5. The molecular weight excluding hydrogens is 494 g/mol. The van der Waals surface area contributed by atoms with Crippen LogP contribution in [0.3, 0.4) is 0 Å². The number of hydrogen-bond donors (Lipinski definition) is 1. The second-order valence-electron chi connectivity index (χ2n) is 10.7. The van der Waals surface area contributed by atoms with Crippen LogP contribution in [-0.2, 0) is 17.9 Å². The van der Waals surface area contributed by atoms with Gasteiger partial charge in [-0.15, -0.1) is 0 Å². The van der Waals surface area contributed by atoms with Gasteiger partial charge in [0.15, 0.2) is 11.5 Å². The Hall–Kier alpha value is -3.59. The van der Waals surface area contributed by atoms with Crippen molar-refractivity contribution in [2.75, 3.05) is 45.3 Å². The molecule has 0 bridgehead atoms. The summed E-state index contributed by atoms with van der Waals surface area (Å²) in [6, 6.07) is 14.2. The fourth-order valence-electron chi connectivity index (χ4n) is 5.60. The number of carbonyl (C=O) groups is 1. The SMILES string of the molecule is COc1ccc(-c2noc(CN3CCCC(C(=O)NCc4ccc(N5CCCC(C)C5)cc4)C3)n2)cc1OC. The highest BCUT2D eigenvalue weighted by Gasteiger charge is 2.27. The Morgan fingerprint density at radius 3 is 2.59 bits per heavy atom. The molecule has 2 aliphatic rings. The third kappa shape index (κ3) is 6.71. The highest BCUT2D eigenvalue weighted by atomic mass is 16.5. The van der Waals surface area contributed by atoms with Gasteiger partial charge < -0.3 is 24.2 Å². The van der Waals surface area contributed by atoms with Gasteiger partial charge in [0.25, 0.3) is 0 Å². The van der Waals surface area contributed by atoms with Crippen LogP contribution in [0, 0.1) is 11.8 Å². The number of benzene rings is 2. The summed E-state index contributed by atoms with van der Waals surface area (Å²) in [6.45, 7) is 7.20. The van der Waals surface area contributed by atoms with E-state index in [1.54, 1.807) is 14.2 Å². The number of piperidine rings is 2. The Balaban J connectivity index is 1.12. The normalized spacial score (nSPS) is 20.0. The summed E-state index contributed by atoms with van der Waals surface area (Å²) >= 11 is 0. The van der Waals surface area contributed by atoms with Crippen molar-refractivity contribution in [3.63, 3.8) is 0 Å².